The average molecular weight is 1050 g/mol. The summed E-state index contributed by atoms with van der Waals surface area (Å²) in [5.74, 6) is -1.40. The van der Waals surface area contributed by atoms with Crippen LogP contribution in [0.2, 0.25) is 0 Å². The highest BCUT2D eigenvalue weighted by molar-refractivity contribution is 5.73. The molecule has 0 aromatic carbocycles. The number of carbonyl (C=O) groups is 2. The number of hydrogen-bond acceptors (Lipinski definition) is 27. The first-order valence-corrected chi connectivity index (χ1v) is 24.0. The molecule has 0 spiro atoms. The van der Waals surface area contributed by atoms with Crippen molar-refractivity contribution in [1.29, 1.82) is 0 Å². The van der Waals surface area contributed by atoms with Gasteiger partial charge in [0, 0.05) is 20.5 Å². The molecule has 0 bridgehead atoms. The van der Waals surface area contributed by atoms with Crippen LogP contribution in [-0.4, -0.2) is 282 Å². The monoisotopic (exact) mass is 1050 g/mol. The Morgan fingerprint density at radius 1 is 0.403 bits per heavy atom. The Bertz CT molecular complexity index is 1730. The second kappa shape index (κ2) is 25.4. The lowest BCUT2D eigenvalue weighted by molar-refractivity contribution is -0.406. The number of aliphatic hydroxyl groups is 13. The van der Waals surface area contributed by atoms with Gasteiger partial charge in [0.15, 0.2) is 37.7 Å². The summed E-state index contributed by atoms with van der Waals surface area (Å²) < 4.78 is 71.5. The molecule has 0 saturated carbocycles. The molecule has 2 amide bonds. The molecule has 0 unspecified atom stereocenters. The largest absolute Gasteiger partial charge is 0.394 e. The summed E-state index contributed by atoms with van der Waals surface area (Å²) in [5.41, 5.74) is 0. The predicted octanol–water partition coefficient (Wildman–Crippen LogP) is -8.27. The summed E-state index contributed by atoms with van der Waals surface area (Å²) in [5, 5.41) is 149. The lowest BCUT2D eigenvalue weighted by Crippen LogP contribution is -2.69. The van der Waals surface area contributed by atoms with Gasteiger partial charge >= 0.3 is 0 Å². The minimum atomic E-state index is -2.10. The normalized spacial score (nSPS) is 50.3. The van der Waals surface area contributed by atoms with Crippen molar-refractivity contribution >= 4 is 11.8 Å². The zero-order chi connectivity index (χ0) is 53.2. The lowest BCUT2D eigenvalue weighted by atomic mass is 9.94. The summed E-state index contributed by atoms with van der Waals surface area (Å²) in [6.07, 6.45) is -46.0. The van der Waals surface area contributed by atoms with Gasteiger partial charge in [-0.2, -0.15) is 0 Å². The first kappa shape index (κ1) is 59.2. The van der Waals surface area contributed by atoms with Crippen molar-refractivity contribution in [2.24, 2.45) is 0 Å². The van der Waals surface area contributed by atoms with E-state index in [1.54, 1.807) is 0 Å². The van der Waals surface area contributed by atoms with Crippen molar-refractivity contribution in [2.45, 2.75) is 239 Å². The third-order valence-electron chi connectivity index (χ3n) is 13.5. The fourth-order valence-electron chi connectivity index (χ4n) is 9.41. The summed E-state index contributed by atoms with van der Waals surface area (Å²) in [6.45, 7) is 8.07. The number of ether oxygens (including phenoxy) is 12. The number of carbonyl (C=O) groups excluding carboxylic acids is 2. The maximum Gasteiger partial charge on any atom is 0.217 e. The Morgan fingerprint density at radius 3 is 1.11 bits per heavy atom. The van der Waals surface area contributed by atoms with Crippen LogP contribution in [0.3, 0.4) is 0 Å². The van der Waals surface area contributed by atoms with Gasteiger partial charge in [-0.15, -0.1) is 0 Å². The molecule has 0 aliphatic carbocycles. The Hall–Kier alpha value is -2.06. The van der Waals surface area contributed by atoms with Crippen LogP contribution in [0.5, 0.6) is 0 Å². The van der Waals surface area contributed by atoms with E-state index in [0.29, 0.717) is 6.42 Å². The molecular formula is C43H74N2O27. The fourth-order valence-corrected chi connectivity index (χ4v) is 9.41. The van der Waals surface area contributed by atoms with Crippen molar-refractivity contribution in [3.05, 3.63) is 0 Å². The van der Waals surface area contributed by atoms with E-state index in [2.05, 4.69) is 10.6 Å². The van der Waals surface area contributed by atoms with E-state index < -0.39 is 209 Å². The second-order valence-electron chi connectivity index (χ2n) is 19.0. The quantitative estimate of drug-likeness (QED) is 0.0643. The van der Waals surface area contributed by atoms with Crippen LogP contribution in [0, 0.1) is 0 Å². The van der Waals surface area contributed by atoms with Crippen LogP contribution in [0.25, 0.3) is 0 Å². The van der Waals surface area contributed by atoms with Crippen molar-refractivity contribution in [3.63, 3.8) is 0 Å². The summed E-state index contributed by atoms with van der Waals surface area (Å²) in [7, 11) is 0. The van der Waals surface area contributed by atoms with Gasteiger partial charge in [-0.05, 0) is 34.1 Å². The van der Waals surface area contributed by atoms with Gasteiger partial charge in [0.1, 0.15) is 122 Å². The third kappa shape index (κ3) is 12.8. The SMILES string of the molecule is CCCO[C@@H]1O[C@@H](C)[C@H](O)[C@@H](O[C@@H]2O[C@@H](C)[C@H](O)[C@@H](O[C@@H]3O[C@H](CO)[C@@H](O)[C@H](O)[C@H]3NC(C)=O)[C@H]2O[C@@H]2O[C@@H](C)[C@H](O)[C@@H](O[C@@H]3O[C@@H](C)[C@H](O)[C@@H](O[C@@H]4O[C@H](CO)[C@@H](O)[C@H](O)[C@H]4NC(C)=O)[C@H]3O)[C@H]2O)[C@H]1O. The van der Waals surface area contributed by atoms with Gasteiger partial charge in [-0.1, -0.05) is 6.92 Å². The fraction of sp³-hybridized carbons (Fsp3) is 0.953. The van der Waals surface area contributed by atoms with Gasteiger partial charge in [0.05, 0.1) is 37.6 Å². The molecule has 0 aromatic heterocycles. The molecule has 6 rings (SSSR count). The van der Waals surface area contributed by atoms with Crippen molar-refractivity contribution < 1.29 is 133 Å². The predicted molar refractivity (Wildman–Crippen MR) is 231 cm³/mol. The molecule has 29 heteroatoms. The zero-order valence-corrected chi connectivity index (χ0v) is 40.7. The summed E-state index contributed by atoms with van der Waals surface area (Å²) in [4.78, 5) is 24.5. The number of hydrogen-bond donors (Lipinski definition) is 15. The van der Waals surface area contributed by atoms with Gasteiger partial charge in [0.25, 0.3) is 0 Å². The molecule has 0 aromatic rings. The third-order valence-corrected chi connectivity index (χ3v) is 13.5. The summed E-state index contributed by atoms with van der Waals surface area (Å²) in [6, 6.07) is -3.05. The molecule has 30 atom stereocenters. The molecule has 29 nitrogen and oxygen atoms in total. The Kier molecular flexibility index (Phi) is 20.9. The molecular weight excluding hydrogens is 976 g/mol. The number of amides is 2. The van der Waals surface area contributed by atoms with Crippen molar-refractivity contribution in [2.75, 3.05) is 19.8 Å². The van der Waals surface area contributed by atoms with E-state index in [1.165, 1.54) is 27.7 Å². The van der Waals surface area contributed by atoms with Gasteiger partial charge in [0.2, 0.25) is 11.8 Å². The lowest BCUT2D eigenvalue weighted by Gasteiger charge is -2.51. The Labute approximate surface area is 413 Å². The van der Waals surface area contributed by atoms with Crippen LogP contribution in [0.1, 0.15) is 54.9 Å². The molecule has 6 saturated heterocycles. The van der Waals surface area contributed by atoms with E-state index in [0.717, 1.165) is 13.8 Å². The molecule has 0 radical (unpaired) electrons. The van der Waals surface area contributed by atoms with E-state index in [4.69, 9.17) is 56.8 Å². The minimum Gasteiger partial charge on any atom is -0.394 e. The molecule has 6 heterocycles. The smallest absolute Gasteiger partial charge is 0.217 e. The second-order valence-corrected chi connectivity index (χ2v) is 19.0. The topological polar surface area (TPSA) is 432 Å². The minimum absolute atomic E-state index is 0.142. The van der Waals surface area contributed by atoms with Crippen LogP contribution in [0.4, 0.5) is 0 Å². The molecule has 6 fully saturated rings. The van der Waals surface area contributed by atoms with E-state index in [9.17, 15) is 76.0 Å². The maximum absolute atomic E-state index is 12.4. The number of nitrogens with one attached hydrogen (secondary N) is 2. The zero-order valence-electron chi connectivity index (χ0n) is 40.7. The van der Waals surface area contributed by atoms with Gasteiger partial charge < -0.3 is 134 Å². The first-order chi connectivity index (χ1) is 33.9. The summed E-state index contributed by atoms with van der Waals surface area (Å²) >= 11 is 0. The highest BCUT2D eigenvalue weighted by Crippen LogP contribution is 2.38. The Morgan fingerprint density at radius 2 is 0.722 bits per heavy atom. The standard InChI is InChI=1S/C43H74N2O27/c1-8-9-61-40-30(58)33(22(50)12(2)62-40)70-43-37(36(25(53)15(5)65-43)71-39-21(45-17(7)49)29(57)27(55)19(11-47)67-39)72-42-32(60)35(24(52)14(4)64-42)69-41-31(59)34(23(51)13(3)63-41)68-38-20(44-16(6)48)28(56)26(54)18(10-46)66-38/h12-15,18-43,46-47,50-60H,8-11H2,1-7H3,(H,44,48)(H,45,49)/t12-,13-,14-,15-,18+,19+,20+,21+,22-,23-,24-,25-,26+,27+,28+,29+,30+,31+,32+,33+,34+,35+,36+,37+,38-,39-,40+,41-,42-,43-/m0/s1. The van der Waals surface area contributed by atoms with Crippen LogP contribution in [0.15, 0.2) is 0 Å². The highest BCUT2D eigenvalue weighted by atomic mass is 16.8. The Balaban J connectivity index is 1.31. The van der Waals surface area contributed by atoms with Gasteiger partial charge in [-0.25, -0.2) is 0 Å². The van der Waals surface area contributed by atoms with Crippen LogP contribution in [-0.2, 0) is 66.4 Å². The molecule has 15 N–H and O–H groups in total. The number of rotatable bonds is 17. The van der Waals surface area contributed by atoms with Crippen molar-refractivity contribution in [1.82, 2.24) is 10.6 Å². The number of aliphatic hydroxyl groups excluding tert-OH is 13. The van der Waals surface area contributed by atoms with Crippen LogP contribution >= 0.6 is 0 Å². The van der Waals surface area contributed by atoms with E-state index in [-0.39, 0.29) is 6.61 Å². The average Bonchev–Trinajstić information content (AvgIpc) is 3.33. The molecule has 6 aliphatic rings. The molecule has 72 heavy (non-hydrogen) atoms. The first-order valence-electron chi connectivity index (χ1n) is 24.0. The van der Waals surface area contributed by atoms with Crippen molar-refractivity contribution in [3.8, 4) is 0 Å². The molecule has 418 valence electrons. The van der Waals surface area contributed by atoms with E-state index in [1.807, 2.05) is 6.92 Å². The van der Waals surface area contributed by atoms with Gasteiger partial charge in [-0.3, -0.25) is 9.59 Å². The maximum atomic E-state index is 12.4. The molecule has 6 aliphatic heterocycles. The highest BCUT2D eigenvalue weighted by Gasteiger charge is 2.58. The van der Waals surface area contributed by atoms with E-state index >= 15 is 0 Å². The van der Waals surface area contributed by atoms with Crippen LogP contribution < -0.4 is 10.6 Å².